The Hall–Kier alpha value is -2.52. The molecule has 0 radical (unpaired) electrons. The van der Waals surface area contributed by atoms with E-state index in [4.69, 9.17) is 5.26 Å². The SMILES string of the molecule is CN(C)C(CNc1cccc(C#N)n1)c1c(F)cccc1F. The van der Waals surface area contributed by atoms with Crippen LogP contribution in [0.25, 0.3) is 0 Å². The van der Waals surface area contributed by atoms with Crippen LogP contribution in [0, 0.1) is 23.0 Å². The Balaban J connectivity index is 2.21. The zero-order valence-corrected chi connectivity index (χ0v) is 12.3. The summed E-state index contributed by atoms with van der Waals surface area (Å²) in [5.41, 5.74) is 0.292. The monoisotopic (exact) mass is 302 g/mol. The van der Waals surface area contributed by atoms with Crippen molar-refractivity contribution in [3.8, 4) is 6.07 Å². The van der Waals surface area contributed by atoms with Crippen molar-refractivity contribution < 1.29 is 8.78 Å². The molecule has 114 valence electrons. The molecule has 0 aliphatic rings. The quantitative estimate of drug-likeness (QED) is 0.922. The van der Waals surface area contributed by atoms with E-state index in [2.05, 4.69) is 10.3 Å². The van der Waals surface area contributed by atoms with Gasteiger partial charge in [0.25, 0.3) is 0 Å². The van der Waals surface area contributed by atoms with E-state index in [1.165, 1.54) is 18.2 Å². The molecule has 2 aromatic rings. The second kappa shape index (κ2) is 6.96. The Kier molecular flexibility index (Phi) is 5.02. The maximum Gasteiger partial charge on any atom is 0.142 e. The van der Waals surface area contributed by atoms with Gasteiger partial charge in [-0.3, -0.25) is 0 Å². The molecule has 1 aromatic heterocycles. The molecular formula is C16H16F2N4. The number of nitriles is 1. The predicted octanol–water partition coefficient (Wildman–Crippen LogP) is 2.95. The second-order valence-electron chi connectivity index (χ2n) is 5.02. The summed E-state index contributed by atoms with van der Waals surface area (Å²) in [6.07, 6.45) is 0. The number of nitrogens with one attached hydrogen (secondary N) is 1. The second-order valence-corrected chi connectivity index (χ2v) is 5.02. The van der Waals surface area contributed by atoms with Crippen LogP contribution in [-0.4, -0.2) is 30.5 Å². The molecule has 0 spiro atoms. The minimum absolute atomic E-state index is 0.0106. The van der Waals surface area contributed by atoms with E-state index in [9.17, 15) is 8.78 Å². The Morgan fingerprint density at radius 1 is 1.18 bits per heavy atom. The number of halogens is 2. The van der Waals surface area contributed by atoms with Crippen LogP contribution in [-0.2, 0) is 0 Å². The molecule has 22 heavy (non-hydrogen) atoms. The Morgan fingerprint density at radius 2 is 1.82 bits per heavy atom. The highest BCUT2D eigenvalue weighted by atomic mass is 19.1. The van der Waals surface area contributed by atoms with Gasteiger partial charge in [-0.25, -0.2) is 13.8 Å². The van der Waals surface area contributed by atoms with Crippen LogP contribution in [0.3, 0.4) is 0 Å². The number of nitrogens with zero attached hydrogens (tertiary/aromatic N) is 3. The standard InChI is InChI=1S/C16H16F2N4/c1-22(2)14(16-12(17)6-4-7-13(16)18)10-20-15-8-3-5-11(9-19)21-15/h3-8,14H,10H2,1-2H3,(H,20,21). The lowest BCUT2D eigenvalue weighted by molar-refractivity contribution is 0.295. The minimum atomic E-state index is -0.584. The first-order valence-electron chi connectivity index (χ1n) is 6.74. The molecule has 0 saturated heterocycles. The van der Waals surface area contributed by atoms with Crippen molar-refractivity contribution in [2.24, 2.45) is 0 Å². The average Bonchev–Trinajstić information content (AvgIpc) is 2.50. The number of aromatic nitrogens is 1. The van der Waals surface area contributed by atoms with Gasteiger partial charge in [0.1, 0.15) is 29.2 Å². The molecule has 0 aliphatic carbocycles. The zero-order chi connectivity index (χ0) is 16.1. The molecule has 0 bridgehead atoms. The van der Waals surface area contributed by atoms with Crippen LogP contribution >= 0.6 is 0 Å². The van der Waals surface area contributed by atoms with Gasteiger partial charge in [0.05, 0.1) is 6.04 Å². The maximum absolute atomic E-state index is 14.0. The van der Waals surface area contributed by atoms with Crippen molar-refractivity contribution in [2.75, 3.05) is 26.0 Å². The fourth-order valence-electron chi connectivity index (χ4n) is 2.17. The van der Waals surface area contributed by atoms with Gasteiger partial charge < -0.3 is 10.2 Å². The molecule has 2 rings (SSSR count). The lowest BCUT2D eigenvalue weighted by atomic mass is 10.0. The highest BCUT2D eigenvalue weighted by Gasteiger charge is 2.22. The van der Waals surface area contributed by atoms with E-state index in [-0.39, 0.29) is 17.8 Å². The Labute approximate surface area is 128 Å². The van der Waals surface area contributed by atoms with Crippen LogP contribution in [0.2, 0.25) is 0 Å². The number of rotatable bonds is 5. The average molecular weight is 302 g/mol. The number of benzene rings is 1. The van der Waals surface area contributed by atoms with E-state index in [0.29, 0.717) is 5.82 Å². The third-order valence-electron chi connectivity index (χ3n) is 3.30. The molecule has 6 heteroatoms. The largest absolute Gasteiger partial charge is 0.368 e. The van der Waals surface area contributed by atoms with Crippen molar-refractivity contribution in [3.63, 3.8) is 0 Å². The number of anilines is 1. The minimum Gasteiger partial charge on any atom is -0.368 e. The van der Waals surface area contributed by atoms with Crippen LogP contribution in [0.4, 0.5) is 14.6 Å². The predicted molar refractivity (Wildman–Crippen MR) is 80.2 cm³/mol. The van der Waals surface area contributed by atoms with Crippen LogP contribution < -0.4 is 5.32 Å². The summed E-state index contributed by atoms with van der Waals surface area (Å²) in [4.78, 5) is 5.81. The summed E-state index contributed by atoms with van der Waals surface area (Å²) in [5, 5.41) is 11.8. The molecule has 0 fully saturated rings. The van der Waals surface area contributed by atoms with Crippen molar-refractivity contribution in [3.05, 3.63) is 59.3 Å². The molecule has 1 atom stereocenters. The summed E-state index contributed by atoms with van der Waals surface area (Å²) in [6, 6.07) is 10.2. The third-order valence-corrected chi connectivity index (χ3v) is 3.30. The first kappa shape index (κ1) is 15.9. The van der Waals surface area contributed by atoms with Crippen molar-refractivity contribution in [2.45, 2.75) is 6.04 Å². The van der Waals surface area contributed by atoms with Gasteiger partial charge in [-0.2, -0.15) is 5.26 Å². The number of likely N-dealkylation sites (N-methyl/N-ethyl adjacent to an activating group) is 1. The van der Waals surface area contributed by atoms with E-state index < -0.39 is 17.7 Å². The van der Waals surface area contributed by atoms with E-state index >= 15 is 0 Å². The van der Waals surface area contributed by atoms with Gasteiger partial charge in [-0.1, -0.05) is 12.1 Å². The lowest BCUT2D eigenvalue weighted by Crippen LogP contribution is -2.28. The molecule has 1 aromatic carbocycles. The van der Waals surface area contributed by atoms with E-state index in [0.717, 1.165) is 0 Å². The third kappa shape index (κ3) is 3.57. The first-order chi connectivity index (χ1) is 10.5. The summed E-state index contributed by atoms with van der Waals surface area (Å²) in [7, 11) is 3.49. The summed E-state index contributed by atoms with van der Waals surface area (Å²) >= 11 is 0. The summed E-state index contributed by atoms with van der Waals surface area (Å²) < 4.78 is 27.9. The van der Waals surface area contributed by atoms with Gasteiger partial charge in [-0.15, -0.1) is 0 Å². The fraction of sp³-hybridized carbons (Fsp3) is 0.250. The number of hydrogen-bond donors (Lipinski definition) is 1. The number of pyridine rings is 1. The van der Waals surface area contributed by atoms with Crippen LogP contribution in [0.1, 0.15) is 17.3 Å². The van der Waals surface area contributed by atoms with Crippen LogP contribution in [0.5, 0.6) is 0 Å². The highest BCUT2D eigenvalue weighted by Crippen LogP contribution is 2.24. The molecule has 0 saturated carbocycles. The molecule has 0 aliphatic heterocycles. The fourth-order valence-corrected chi connectivity index (χ4v) is 2.17. The van der Waals surface area contributed by atoms with E-state index in [1.54, 1.807) is 37.2 Å². The maximum atomic E-state index is 14.0. The van der Waals surface area contributed by atoms with Gasteiger partial charge >= 0.3 is 0 Å². The van der Waals surface area contributed by atoms with Gasteiger partial charge in [0, 0.05) is 12.1 Å². The van der Waals surface area contributed by atoms with E-state index in [1.807, 2.05) is 6.07 Å². The molecule has 1 heterocycles. The topological polar surface area (TPSA) is 52.0 Å². The molecule has 1 N–H and O–H groups in total. The highest BCUT2D eigenvalue weighted by molar-refractivity contribution is 5.39. The molecule has 4 nitrogen and oxygen atoms in total. The summed E-state index contributed by atoms with van der Waals surface area (Å²) in [6.45, 7) is 0.257. The molecular weight excluding hydrogens is 286 g/mol. The van der Waals surface area contributed by atoms with Gasteiger partial charge in [0.2, 0.25) is 0 Å². The molecule has 0 amide bonds. The van der Waals surface area contributed by atoms with Gasteiger partial charge in [-0.05, 0) is 38.4 Å². The van der Waals surface area contributed by atoms with Crippen LogP contribution in [0.15, 0.2) is 36.4 Å². The van der Waals surface area contributed by atoms with Crippen molar-refractivity contribution in [1.82, 2.24) is 9.88 Å². The first-order valence-corrected chi connectivity index (χ1v) is 6.74. The lowest BCUT2D eigenvalue weighted by Gasteiger charge is -2.26. The Bertz CT molecular complexity index is 675. The van der Waals surface area contributed by atoms with Crippen molar-refractivity contribution >= 4 is 5.82 Å². The molecule has 1 unspecified atom stereocenters. The zero-order valence-electron chi connectivity index (χ0n) is 12.3. The smallest absolute Gasteiger partial charge is 0.142 e. The summed E-state index contributed by atoms with van der Waals surface area (Å²) in [5.74, 6) is -0.680. The van der Waals surface area contributed by atoms with Gasteiger partial charge in [0.15, 0.2) is 0 Å². The van der Waals surface area contributed by atoms with Crippen molar-refractivity contribution in [1.29, 1.82) is 5.26 Å². The normalized spacial score (nSPS) is 12.0. The Morgan fingerprint density at radius 3 is 2.41 bits per heavy atom. The number of hydrogen-bond acceptors (Lipinski definition) is 4.